The Morgan fingerprint density at radius 3 is 2.38 bits per heavy atom. The number of allylic oxidation sites excluding steroid dienone is 2. The van der Waals surface area contributed by atoms with Crippen molar-refractivity contribution in [3.8, 4) is 0 Å². The van der Waals surface area contributed by atoms with Gasteiger partial charge in [0.1, 0.15) is 0 Å². The van der Waals surface area contributed by atoms with E-state index in [-0.39, 0.29) is 29.6 Å². The molecule has 0 saturated heterocycles. The van der Waals surface area contributed by atoms with Gasteiger partial charge in [-0.25, -0.2) is 0 Å². The van der Waals surface area contributed by atoms with Crippen LogP contribution in [0, 0.1) is 0 Å². The van der Waals surface area contributed by atoms with Gasteiger partial charge in [-0.15, -0.1) is 0 Å². The van der Waals surface area contributed by atoms with E-state index in [0.717, 1.165) is 11.6 Å². The van der Waals surface area contributed by atoms with Gasteiger partial charge in [0, 0.05) is 5.02 Å². The van der Waals surface area contributed by atoms with Crippen molar-refractivity contribution >= 4 is 23.6 Å². The van der Waals surface area contributed by atoms with Crippen LogP contribution in [0.2, 0.25) is 5.02 Å². The zero-order valence-corrected chi connectivity index (χ0v) is 12.0. The smallest absolute Gasteiger partial charge is 0.545 e. The van der Waals surface area contributed by atoms with Crippen molar-refractivity contribution in [3.05, 3.63) is 52.6 Å². The normalized spacial score (nSPS) is 11.2. The molecule has 0 fully saturated rings. The molecule has 0 saturated carbocycles. The number of benzene rings is 1. The molecule has 0 aromatic heterocycles. The molecule has 0 unspecified atom stereocenters. The molecule has 1 rings (SSSR count). The second kappa shape index (κ2) is 7.69. The Balaban J connectivity index is 0.00000225. The third-order valence-corrected chi connectivity index (χ3v) is 2.01. The fraction of sp³-hybridized carbons (Fsp3) is 0.0833. The molecule has 0 amide bonds. The molecule has 0 heterocycles. The molecule has 2 nitrogen and oxygen atoms in total. The summed E-state index contributed by atoms with van der Waals surface area (Å²) in [6.45, 7) is 1.70. The monoisotopic (exact) mass is 244 g/mol. The van der Waals surface area contributed by atoms with Gasteiger partial charge in [0.25, 0.3) is 0 Å². The van der Waals surface area contributed by atoms with Crippen molar-refractivity contribution in [3.63, 3.8) is 0 Å². The summed E-state index contributed by atoms with van der Waals surface area (Å²) in [5, 5.41) is 10.9. The Morgan fingerprint density at radius 1 is 1.31 bits per heavy atom. The molecule has 4 heteroatoms. The van der Waals surface area contributed by atoms with Gasteiger partial charge >= 0.3 is 29.6 Å². The zero-order chi connectivity index (χ0) is 11.3. The second-order valence-electron chi connectivity index (χ2n) is 3.09. The van der Waals surface area contributed by atoms with Crippen molar-refractivity contribution < 1.29 is 39.5 Å². The van der Waals surface area contributed by atoms with Crippen LogP contribution in [0.25, 0.3) is 6.08 Å². The fourth-order valence-electron chi connectivity index (χ4n) is 1.04. The zero-order valence-electron chi connectivity index (χ0n) is 9.24. The molecule has 0 atom stereocenters. The number of halogens is 1. The molecular weight excluding hydrogens is 235 g/mol. The summed E-state index contributed by atoms with van der Waals surface area (Å²) >= 11 is 5.72. The van der Waals surface area contributed by atoms with Gasteiger partial charge < -0.3 is 9.90 Å². The van der Waals surface area contributed by atoms with E-state index in [0.29, 0.717) is 10.6 Å². The Labute approximate surface area is 122 Å². The van der Waals surface area contributed by atoms with Crippen molar-refractivity contribution in [2.75, 3.05) is 0 Å². The Bertz CT molecular complexity index is 408. The number of carboxylic acid groups (broad SMARTS) is 1. The van der Waals surface area contributed by atoms with Crippen molar-refractivity contribution in [1.82, 2.24) is 0 Å². The average Bonchev–Trinajstić information content (AvgIpc) is 2.16. The maximum Gasteiger partial charge on any atom is 1.00 e. The van der Waals surface area contributed by atoms with Crippen LogP contribution in [0.1, 0.15) is 12.5 Å². The van der Waals surface area contributed by atoms with Crippen LogP contribution in [0.15, 0.2) is 42.0 Å². The third kappa shape index (κ3) is 6.13. The Morgan fingerprint density at radius 2 is 1.88 bits per heavy atom. The fourth-order valence-corrected chi connectivity index (χ4v) is 1.16. The van der Waals surface area contributed by atoms with E-state index in [1.54, 1.807) is 25.1 Å². The van der Waals surface area contributed by atoms with E-state index < -0.39 is 5.97 Å². The van der Waals surface area contributed by atoms with Crippen molar-refractivity contribution in [1.29, 1.82) is 0 Å². The van der Waals surface area contributed by atoms with Gasteiger partial charge in [-0.3, -0.25) is 0 Å². The largest absolute Gasteiger partial charge is 1.00 e. The van der Waals surface area contributed by atoms with Gasteiger partial charge in [0.15, 0.2) is 0 Å². The minimum Gasteiger partial charge on any atom is -0.545 e. The molecule has 78 valence electrons. The second-order valence-corrected chi connectivity index (χ2v) is 3.53. The molecule has 1 aromatic rings. The van der Waals surface area contributed by atoms with Crippen LogP contribution in [0.4, 0.5) is 0 Å². The number of carboxylic acids is 1. The van der Waals surface area contributed by atoms with Gasteiger partial charge in [-0.05, 0) is 36.3 Å². The number of hydrogen-bond donors (Lipinski definition) is 0. The van der Waals surface area contributed by atoms with E-state index in [2.05, 4.69) is 0 Å². The van der Waals surface area contributed by atoms with Crippen LogP contribution < -0.4 is 34.7 Å². The predicted molar refractivity (Wildman–Crippen MR) is 59.3 cm³/mol. The van der Waals surface area contributed by atoms with Crippen molar-refractivity contribution in [2.45, 2.75) is 6.92 Å². The summed E-state index contributed by atoms with van der Waals surface area (Å²) in [7, 11) is 0. The summed E-state index contributed by atoms with van der Waals surface area (Å²) < 4.78 is 0. The standard InChI is InChI=1S/C12H11ClO2.Na/c1-9(8-12(14)15)2-3-10-4-6-11(13)7-5-10;/h2-8H,1H3,(H,14,15);/q;+1/p-1. The summed E-state index contributed by atoms with van der Waals surface area (Å²) in [5.74, 6) is -1.19. The van der Waals surface area contributed by atoms with E-state index in [4.69, 9.17) is 11.6 Å². The molecule has 0 N–H and O–H groups in total. The number of aliphatic carboxylic acids is 1. The first-order valence-electron chi connectivity index (χ1n) is 4.41. The van der Waals surface area contributed by atoms with Crippen LogP contribution in [-0.4, -0.2) is 5.97 Å². The molecular formula is C12H10ClNaO2. The molecule has 0 aliphatic heterocycles. The molecule has 16 heavy (non-hydrogen) atoms. The van der Waals surface area contributed by atoms with Crippen LogP contribution in [0.3, 0.4) is 0 Å². The molecule has 0 spiro atoms. The van der Waals surface area contributed by atoms with Gasteiger partial charge in [-0.1, -0.05) is 35.9 Å². The van der Waals surface area contributed by atoms with Crippen LogP contribution >= 0.6 is 11.6 Å². The van der Waals surface area contributed by atoms with Gasteiger partial charge in [-0.2, -0.15) is 0 Å². The van der Waals surface area contributed by atoms with Gasteiger partial charge in [0.2, 0.25) is 0 Å². The Kier molecular flexibility index (Phi) is 7.43. The Hall–Kier alpha value is -0.540. The number of carbonyl (C=O) groups is 1. The maximum absolute atomic E-state index is 10.2. The SMILES string of the molecule is CC(C=Cc1ccc(Cl)cc1)=CC(=O)[O-].[Na+]. The van der Waals surface area contributed by atoms with E-state index in [1.165, 1.54) is 0 Å². The van der Waals surface area contributed by atoms with Crippen LogP contribution in [0.5, 0.6) is 0 Å². The minimum atomic E-state index is -1.19. The van der Waals surface area contributed by atoms with E-state index >= 15 is 0 Å². The first-order valence-corrected chi connectivity index (χ1v) is 4.78. The van der Waals surface area contributed by atoms with E-state index in [9.17, 15) is 9.90 Å². The van der Waals surface area contributed by atoms with Gasteiger partial charge in [0.05, 0.1) is 5.97 Å². The first kappa shape index (κ1) is 15.5. The number of carbonyl (C=O) groups excluding carboxylic acids is 1. The maximum atomic E-state index is 10.2. The number of hydrogen-bond acceptors (Lipinski definition) is 2. The average molecular weight is 245 g/mol. The molecule has 0 aliphatic rings. The predicted octanol–water partition coefficient (Wildman–Crippen LogP) is -0.947. The third-order valence-electron chi connectivity index (χ3n) is 1.75. The van der Waals surface area contributed by atoms with E-state index in [1.807, 2.05) is 18.2 Å². The quantitative estimate of drug-likeness (QED) is 0.391. The molecule has 0 radical (unpaired) electrons. The number of rotatable bonds is 3. The topological polar surface area (TPSA) is 40.1 Å². The summed E-state index contributed by atoms with van der Waals surface area (Å²) in [6, 6.07) is 7.26. The molecule has 1 aromatic carbocycles. The molecule has 0 bridgehead atoms. The van der Waals surface area contributed by atoms with Crippen molar-refractivity contribution in [2.24, 2.45) is 0 Å². The molecule has 0 aliphatic carbocycles. The van der Waals surface area contributed by atoms with Crippen LogP contribution in [-0.2, 0) is 4.79 Å². The minimum absolute atomic E-state index is 0. The summed E-state index contributed by atoms with van der Waals surface area (Å²) in [4.78, 5) is 10.2. The summed E-state index contributed by atoms with van der Waals surface area (Å²) in [5.41, 5.74) is 1.59. The summed E-state index contributed by atoms with van der Waals surface area (Å²) in [6.07, 6.45) is 4.57. The first-order chi connectivity index (χ1) is 7.08.